The van der Waals surface area contributed by atoms with Crippen LogP contribution in [-0.4, -0.2) is 23.5 Å². The first-order valence-corrected chi connectivity index (χ1v) is 5.55. The molecule has 4 nitrogen and oxygen atoms in total. The standard InChI is InChI=1S/C12H10F3NO3/c13-12(14,15)7-3-4-9(8(6-7)11(18)19)16-5-1-2-10(16)17/h3-4,6H,1-2,5H2,(H,18,19). The van der Waals surface area contributed by atoms with E-state index in [1.165, 1.54) is 4.90 Å². The normalized spacial score (nSPS) is 15.9. The molecule has 1 saturated heterocycles. The van der Waals surface area contributed by atoms with Gasteiger partial charge in [-0.25, -0.2) is 4.79 Å². The summed E-state index contributed by atoms with van der Waals surface area (Å²) in [5.74, 6) is -1.76. The molecule has 0 unspecified atom stereocenters. The Morgan fingerprint density at radius 2 is 2.00 bits per heavy atom. The highest BCUT2D eigenvalue weighted by Crippen LogP contribution is 2.34. The molecule has 0 aromatic heterocycles. The lowest BCUT2D eigenvalue weighted by Gasteiger charge is -2.19. The number of benzene rings is 1. The van der Waals surface area contributed by atoms with Crippen LogP contribution >= 0.6 is 0 Å². The molecule has 1 aliphatic rings. The molecule has 0 spiro atoms. The minimum atomic E-state index is -4.61. The van der Waals surface area contributed by atoms with Gasteiger partial charge in [-0.05, 0) is 24.6 Å². The van der Waals surface area contributed by atoms with Gasteiger partial charge in [0, 0.05) is 13.0 Å². The molecule has 19 heavy (non-hydrogen) atoms. The fourth-order valence-corrected chi connectivity index (χ4v) is 2.02. The summed E-state index contributed by atoms with van der Waals surface area (Å²) in [6, 6.07) is 2.38. The third-order valence-corrected chi connectivity index (χ3v) is 2.92. The molecule has 0 aliphatic carbocycles. The van der Waals surface area contributed by atoms with Crippen molar-refractivity contribution in [3.05, 3.63) is 29.3 Å². The number of anilines is 1. The van der Waals surface area contributed by atoms with E-state index in [2.05, 4.69) is 0 Å². The molecular formula is C12H10F3NO3. The third-order valence-electron chi connectivity index (χ3n) is 2.92. The number of alkyl halides is 3. The van der Waals surface area contributed by atoms with E-state index in [4.69, 9.17) is 5.11 Å². The Kier molecular flexibility index (Phi) is 3.21. The monoisotopic (exact) mass is 273 g/mol. The number of carboxylic acids is 1. The number of carbonyl (C=O) groups excluding carboxylic acids is 1. The van der Waals surface area contributed by atoms with Gasteiger partial charge in [0.2, 0.25) is 5.91 Å². The second-order valence-corrected chi connectivity index (χ2v) is 4.18. The van der Waals surface area contributed by atoms with Gasteiger partial charge in [0.25, 0.3) is 0 Å². The van der Waals surface area contributed by atoms with Gasteiger partial charge in [-0.2, -0.15) is 13.2 Å². The van der Waals surface area contributed by atoms with E-state index in [1.807, 2.05) is 0 Å². The van der Waals surface area contributed by atoms with Crippen LogP contribution in [0.3, 0.4) is 0 Å². The SMILES string of the molecule is O=C(O)c1cc(C(F)(F)F)ccc1N1CCCC1=O. The molecule has 102 valence electrons. The van der Waals surface area contributed by atoms with Crippen molar-refractivity contribution in [2.75, 3.05) is 11.4 Å². The molecule has 0 atom stereocenters. The molecular weight excluding hydrogens is 263 g/mol. The molecule has 2 rings (SSSR count). The molecule has 7 heteroatoms. The number of nitrogens with zero attached hydrogens (tertiary/aromatic N) is 1. The number of aromatic carboxylic acids is 1. The number of hydrogen-bond acceptors (Lipinski definition) is 2. The Bertz CT molecular complexity index is 540. The maximum absolute atomic E-state index is 12.5. The van der Waals surface area contributed by atoms with Gasteiger partial charge < -0.3 is 10.0 Å². The van der Waals surface area contributed by atoms with E-state index in [9.17, 15) is 22.8 Å². The molecule has 1 aromatic rings. The van der Waals surface area contributed by atoms with Crippen LogP contribution in [0.1, 0.15) is 28.8 Å². The smallest absolute Gasteiger partial charge is 0.416 e. The zero-order chi connectivity index (χ0) is 14.2. The minimum Gasteiger partial charge on any atom is -0.478 e. The lowest BCUT2D eigenvalue weighted by Crippen LogP contribution is -2.26. The van der Waals surface area contributed by atoms with Crippen LogP contribution in [0.25, 0.3) is 0 Å². The highest BCUT2D eigenvalue weighted by Gasteiger charge is 2.33. The summed E-state index contributed by atoms with van der Waals surface area (Å²) in [7, 11) is 0. The van der Waals surface area contributed by atoms with Crippen molar-refractivity contribution in [2.45, 2.75) is 19.0 Å². The summed E-state index contributed by atoms with van der Waals surface area (Å²) >= 11 is 0. The summed E-state index contributed by atoms with van der Waals surface area (Å²) in [5.41, 5.74) is -1.53. The highest BCUT2D eigenvalue weighted by molar-refractivity contribution is 6.03. The topological polar surface area (TPSA) is 57.6 Å². The Hall–Kier alpha value is -2.05. The summed E-state index contributed by atoms with van der Waals surface area (Å²) in [6.07, 6.45) is -3.77. The van der Waals surface area contributed by atoms with E-state index in [1.54, 1.807) is 0 Å². The van der Waals surface area contributed by atoms with Gasteiger partial charge in [0.15, 0.2) is 0 Å². The van der Waals surface area contributed by atoms with E-state index < -0.39 is 23.3 Å². The van der Waals surface area contributed by atoms with Crippen LogP contribution < -0.4 is 4.90 Å². The zero-order valence-electron chi connectivity index (χ0n) is 9.70. The van der Waals surface area contributed by atoms with Crippen molar-refractivity contribution in [1.82, 2.24) is 0 Å². The van der Waals surface area contributed by atoms with E-state index in [0.29, 0.717) is 19.0 Å². The lowest BCUT2D eigenvalue weighted by atomic mass is 10.1. The predicted octanol–water partition coefficient (Wildman–Crippen LogP) is 2.53. The van der Waals surface area contributed by atoms with Crippen LogP contribution in [0.2, 0.25) is 0 Å². The number of carbonyl (C=O) groups is 2. The number of amides is 1. The van der Waals surface area contributed by atoms with Crippen molar-refractivity contribution in [3.8, 4) is 0 Å². The summed E-state index contributed by atoms with van der Waals surface area (Å²) < 4.78 is 37.6. The molecule has 1 heterocycles. The quantitative estimate of drug-likeness (QED) is 0.900. The van der Waals surface area contributed by atoms with Gasteiger partial charge in [-0.3, -0.25) is 4.79 Å². The van der Waals surface area contributed by atoms with Crippen LogP contribution in [0.4, 0.5) is 18.9 Å². The Morgan fingerprint density at radius 3 is 2.47 bits per heavy atom. The fourth-order valence-electron chi connectivity index (χ4n) is 2.02. The third kappa shape index (κ3) is 2.54. The first kappa shape index (κ1) is 13.4. The molecule has 1 fully saturated rings. The molecule has 1 N–H and O–H groups in total. The van der Waals surface area contributed by atoms with Crippen LogP contribution in [0.5, 0.6) is 0 Å². The minimum absolute atomic E-state index is 0.0167. The van der Waals surface area contributed by atoms with Gasteiger partial charge in [0.1, 0.15) is 0 Å². The maximum atomic E-state index is 12.5. The summed E-state index contributed by atoms with van der Waals surface area (Å²) in [4.78, 5) is 23.8. The van der Waals surface area contributed by atoms with Crippen molar-refractivity contribution in [2.24, 2.45) is 0 Å². The van der Waals surface area contributed by atoms with E-state index in [-0.39, 0.29) is 18.0 Å². The summed E-state index contributed by atoms with van der Waals surface area (Å²) in [6.45, 7) is 0.324. The van der Waals surface area contributed by atoms with E-state index in [0.717, 1.165) is 12.1 Å². The van der Waals surface area contributed by atoms with Crippen LogP contribution in [-0.2, 0) is 11.0 Å². The van der Waals surface area contributed by atoms with Crippen LogP contribution in [0, 0.1) is 0 Å². The van der Waals surface area contributed by atoms with Gasteiger partial charge >= 0.3 is 12.1 Å². The van der Waals surface area contributed by atoms with Crippen molar-refractivity contribution in [3.63, 3.8) is 0 Å². The average molecular weight is 273 g/mol. The first-order valence-electron chi connectivity index (χ1n) is 5.55. The molecule has 1 aliphatic heterocycles. The van der Waals surface area contributed by atoms with Gasteiger partial charge in [-0.15, -0.1) is 0 Å². The van der Waals surface area contributed by atoms with Crippen LogP contribution in [0.15, 0.2) is 18.2 Å². The average Bonchev–Trinajstić information content (AvgIpc) is 2.73. The fraction of sp³-hybridized carbons (Fsp3) is 0.333. The Morgan fingerprint density at radius 1 is 1.32 bits per heavy atom. The molecule has 1 aromatic carbocycles. The van der Waals surface area contributed by atoms with Crippen molar-refractivity contribution < 1.29 is 27.9 Å². The van der Waals surface area contributed by atoms with Crippen molar-refractivity contribution in [1.29, 1.82) is 0 Å². The largest absolute Gasteiger partial charge is 0.478 e. The highest BCUT2D eigenvalue weighted by atomic mass is 19.4. The molecule has 0 saturated carbocycles. The zero-order valence-corrected chi connectivity index (χ0v) is 9.70. The molecule has 1 amide bonds. The number of halogens is 3. The summed E-state index contributed by atoms with van der Waals surface area (Å²) in [5, 5.41) is 9.00. The maximum Gasteiger partial charge on any atom is 0.416 e. The molecule has 0 radical (unpaired) electrons. The number of carboxylic acid groups (broad SMARTS) is 1. The second-order valence-electron chi connectivity index (χ2n) is 4.18. The van der Waals surface area contributed by atoms with Gasteiger partial charge in [0.05, 0.1) is 16.8 Å². The Labute approximate surface area is 106 Å². The Balaban J connectivity index is 2.50. The first-order chi connectivity index (χ1) is 8.80. The lowest BCUT2D eigenvalue weighted by molar-refractivity contribution is -0.137. The molecule has 0 bridgehead atoms. The number of hydrogen-bond donors (Lipinski definition) is 1. The van der Waals surface area contributed by atoms with Gasteiger partial charge in [-0.1, -0.05) is 0 Å². The second kappa shape index (κ2) is 4.56. The van der Waals surface area contributed by atoms with E-state index >= 15 is 0 Å². The number of rotatable bonds is 2. The predicted molar refractivity (Wildman–Crippen MR) is 60.0 cm³/mol. The van der Waals surface area contributed by atoms with Crippen molar-refractivity contribution >= 4 is 17.6 Å².